The summed E-state index contributed by atoms with van der Waals surface area (Å²) in [4.78, 5) is 24.9. The number of carbonyl (C=O) groups excluding carboxylic acids is 1. The van der Waals surface area contributed by atoms with E-state index < -0.39 is 5.97 Å². The van der Waals surface area contributed by atoms with Gasteiger partial charge in [-0.1, -0.05) is 0 Å². The van der Waals surface area contributed by atoms with Crippen molar-refractivity contribution in [1.29, 1.82) is 0 Å². The molecular formula is C14H20BrN3O3. The van der Waals surface area contributed by atoms with Gasteiger partial charge in [-0.05, 0) is 62.1 Å². The number of benzene rings is 1. The van der Waals surface area contributed by atoms with Gasteiger partial charge in [0.1, 0.15) is 0 Å². The van der Waals surface area contributed by atoms with Gasteiger partial charge in [0.05, 0.1) is 5.56 Å². The Morgan fingerprint density at radius 2 is 1.95 bits per heavy atom. The molecule has 0 saturated carbocycles. The van der Waals surface area contributed by atoms with Gasteiger partial charge in [-0.15, -0.1) is 0 Å². The van der Waals surface area contributed by atoms with Gasteiger partial charge in [-0.25, -0.2) is 9.59 Å². The molecule has 0 unspecified atom stereocenters. The number of halogens is 1. The first kappa shape index (κ1) is 17.5. The quantitative estimate of drug-likeness (QED) is 0.756. The van der Waals surface area contributed by atoms with Crippen LogP contribution in [0.15, 0.2) is 22.7 Å². The lowest BCUT2D eigenvalue weighted by Crippen LogP contribution is -2.49. The number of rotatable bonds is 5. The van der Waals surface area contributed by atoms with E-state index in [-0.39, 0.29) is 17.1 Å². The summed E-state index contributed by atoms with van der Waals surface area (Å²) in [5, 5.41) is 14.4. The highest BCUT2D eigenvalue weighted by Crippen LogP contribution is 2.21. The minimum Gasteiger partial charge on any atom is -0.478 e. The van der Waals surface area contributed by atoms with E-state index in [1.54, 1.807) is 12.1 Å². The van der Waals surface area contributed by atoms with E-state index in [1.165, 1.54) is 6.07 Å². The maximum absolute atomic E-state index is 11.8. The second-order valence-electron chi connectivity index (χ2n) is 5.51. The van der Waals surface area contributed by atoms with Crippen molar-refractivity contribution in [3.63, 3.8) is 0 Å². The fraction of sp³-hybridized carbons (Fsp3) is 0.429. The van der Waals surface area contributed by atoms with Crippen LogP contribution in [0.3, 0.4) is 0 Å². The van der Waals surface area contributed by atoms with Crippen molar-refractivity contribution in [3.05, 3.63) is 28.2 Å². The van der Waals surface area contributed by atoms with E-state index in [4.69, 9.17) is 5.11 Å². The number of carbonyl (C=O) groups is 2. The number of amides is 2. The molecule has 0 saturated heterocycles. The van der Waals surface area contributed by atoms with Crippen molar-refractivity contribution in [1.82, 2.24) is 10.2 Å². The largest absolute Gasteiger partial charge is 0.478 e. The van der Waals surface area contributed by atoms with Gasteiger partial charge in [-0.2, -0.15) is 0 Å². The lowest BCUT2D eigenvalue weighted by atomic mass is 10.1. The molecule has 7 heteroatoms. The first-order valence-electron chi connectivity index (χ1n) is 6.38. The highest BCUT2D eigenvalue weighted by Gasteiger charge is 2.21. The van der Waals surface area contributed by atoms with Crippen LogP contribution in [-0.2, 0) is 0 Å². The maximum atomic E-state index is 11.8. The number of likely N-dealkylation sites (N-methyl/N-ethyl adjacent to an activating group) is 1. The Balaban J connectivity index is 2.68. The summed E-state index contributed by atoms with van der Waals surface area (Å²) < 4.78 is 0.467. The van der Waals surface area contributed by atoms with Crippen LogP contribution in [0.25, 0.3) is 0 Å². The third kappa shape index (κ3) is 5.02. The number of carboxylic acids is 1. The third-order valence-corrected chi connectivity index (χ3v) is 4.04. The predicted octanol–water partition coefficient (Wildman–Crippen LogP) is 2.61. The SMILES string of the molecule is CN(C)C(C)(C)CNC(=O)Nc1ccc(Br)c(C(=O)O)c1. The molecule has 0 aliphatic carbocycles. The Hall–Kier alpha value is -1.60. The van der Waals surface area contributed by atoms with Gasteiger partial charge in [0, 0.05) is 22.2 Å². The summed E-state index contributed by atoms with van der Waals surface area (Å²) in [6, 6.07) is 4.25. The topological polar surface area (TPSA) is 81.7 Å². The monoisotopic (exact) mass is 357 g/mol. The van der Waals surface area contributed by atoms with Crippen molar-refractivity contribution >= 4 is 33.6 Å². The summed E-state index contributed by atoms with van der Waals surface area (Å²) >= 11 is 3.16. The highest BCUT2D eigenvalue weighted by atomic mass is 79.9. The van der Waals surface area contributed by atoms with E-state index in [1.807, 2.05) is 32.8 Å². The molecule has 0 radical (unpaired) electrons. The van der Waals surface area contributed by atoms with Gasteiger partial charge in [0.2, 0.25) is 0 Å². The third-order valence-electron chi connectivity index (χ3n) is 3.35. The van der Waals surface area contributed by atoms with Gasteiger partial charge in [0.15, 0.2) is 0 Å². The van der Waals surface area contributed by atoms with Gasteiger partial charge >= 0.3 is 12.0 Å². The van der Waals surface area contributed by atoms with Crippen LogP contribution in [0.5, 0.6) is 0 Å². The van der Waals surface area contributed by atoms with Gasteiger partial charge in [0.25, 0.3) is 0 Å². The number of nitrogens with one attached hydrogen (secondary N) is 2. The van der Waals surface area contributed by atoms with Crippen molar-refractivity contribution < 1.29 is 14.7 Å². The van der Waals surface area contributed by atoms with Gasteiger partial charge < -0.3 is 20.6 Å². The maximum Gasteiger partial charge on any atom is 0.336 e. The molecule has 0 aromatic heterocycles. The first-order chi connectivity index (χ1) is 9.63. The molecule has 0 fully saturated rings. The summed E-state index contributed by atoms with van der Waals surface area (Å²) in [5.74, 6) is -1.06. The minimum absolute atomic E-state index is 0.0985. The fourth-order valence-electron chi connectivity index (χ4n) is 1.40. The Kier molecular flexibility index (Phi) is 5.74. The zero-order chi connectivity index (χ0) is 16.2. The number of carboxylic acid groups (broad SMARTS) is 1. The molecule has 1 aromatic rings. The molecule has 21 heavy (non-hydrogen) atoms. The van der Waals surface area contributed by atoms with Crippen LogP contribution < -0.4 is 10.6 Å². The number of urea groups is 1. The number of hydrogen-bond donors (Lipinski definition) is 3. The van der Waals surface area contributed by atoms with Crippen LogP contribution in [-0.4, -0.2) is 48.2 Å². The van der Waals surface area contributed by atoms with Crippen LogP contribution in [0.2, 0.25) is 0 Å². The van der Waals surface area contributed by atoms with Crippen molar-refractivity contribution in [2.75, 3.05) is 26.0 Å². The zero-order valence-electron chi connectivity index (χ0n) is 12.5. The van der Waals surface area contributed by atoms with Crippen molar-refractivity contribution in [2.45, 2.75) is 19.4 Å². The van der Waals surface area contributed by atoms with Crippen LogP contribution >= 0.6 is 15.9 Å². The molecule has 2 amide bonds. The molecule has 3 N–H and O–H groups in total. The smallest absolute Gasteiger partial charge is 0.336 e. The molecule has 0 atom stereocenters. The van der Waals surface area contributed by atoms with Crippen LogP contribution in [0.4, 0.5) is 10.5 Å². The highest BCUT2D eigenvalue weighted by molar-refractivity contribution is 9.10. The molecule has 0 aliphatic rings. The molecule has 116 valence electrons. The lowest BCUT2D eigenvalue weighted by Gasteiger charge is -2.32. The van der Waals surface area contributed by atoms with Gasteiger partial charge in [-0.3, -0.25) is 0 Å². The average molecular weight is 358 g/mol. The van der Waals surface area contributed by atoms with Crippen molar-refractivity contribution in [2.24, 2.45) is 0 Å². The summed E-state index contributed by atoms with van der Waals surface area (Å²) in [7, 11) is 3.88. The second kappa shape index (κ2) is 6.91. The number of aromatic carboxylic acids is 1. The van der Waals surface area contributed by atoms with E-state index in [0.29, 0.717) is 16.7 Å². The van der Waals surface area contributed by atoms with Crippen LogP contribution in [0.1, 0.15) is 24.2 Å². The normalized spacial score (nSPS) is 11.3. The van der Waals surface area contributed by atoms with E-state index in [0.717, 1.165) is 0 Å². The fourth-order valence-corrected chi connectivity index (χ4v) is 1.81. The summed E-state index contributed by atoms with van der Waals surface area (Å²) in [6.07, 6.45) is 0. The molecule has 0 spiro atoms. The molecule has 0 bridgehead atoms. The molecule has 1 aromatic carbocycles. The summed E-state index contributed by atoms with van der Waals surface area (Å²) in [5.41, 5.74) is 0.348. The standard InChI is InChI=1S/C14H20BrN3O3/c1-14(2,18(3)4)8-16-13(21)17-9-5-6-11(15)10(7-9)12(19)20/h5-7H,8H2,1-4H3,(H,19,20)(H2,16,17,21). The predicted molar refractivity (Wildman–Crippen MR) is 85.9 cm³/mol. The molecule has 6 nitrogen and oxygen atoms in total. The molecule has 0 aliphatic heterocycles. The van der Waals surface area contributed by atoms with Crippen LogP contribution in [0, 0.1) is 0 Å². The number of hydrogen-bond acceptors (Lipinski definition) is 3. The first-order valence-corrected chi connectivity index (χ1v) is 7.18. The minimum atomic E-state index is -1.06. The Morgan fingerprint density at radius 1 is 1.33 bits per heavy atom. The molecular weight excluding hydrogens is 338 g/mol. The second-order valence-corrected chi connectivity index (χ2v) is 6.37. The molecule has 1 rings (SSSR count). The zero-order valence-corrected chi connectivity index (χ0v) is 14.1. The van der Waals surface area contributed by atoms with Crippen molar-refractivity contribution in [3.8, 4) is 0 Å². The number of anilines is 1. The number of nitrogens with zero attached hydrogens (tertiary/aromatic N) is 1. The van der Waals surface area contributed by atoms with E-state index in [9.17, 15) is 9.59 Å². The summed E-state index contributed by atoms with van der Waals surface area (Å²) in [6.45, 7) is 4.49. The average Bonchev–Trinajstić information content (AvgIpc) is 2.38. The van der Waals surface area contributed by atoms with E-state index in [2.05, 4.69) is 26.6 Å². The Labute approximate surface area is 132 Å². The molecule has 0 heterocycles. The Bertz CT molecular complexity index is 544. The van der Waals surface area contributed by atoms with E-state index >= 15 is 0 Å². The Morgan fingerprint density at radius 3 is 2.48 bits per heavy atom. The lowest BCUT2D eigenvalue weighted by molar-refractivity contribution is 0.0696.